The van der Waals surface area contributed by atoms with E-state index >= 15 is 0 Å². The highest BCUT2D eigenvalue weighted by Crippen LogP contribution is 2.19. The van der Waals surface area contributed by atoms with Gasteiger partial charge in [-0.3, -0.25) is 4.79 Å². The van der Waals surface area contributed by atoms with E-state index in [4.69, 9.17) is 4.74 Å². The molecule has 1 unspecified atom stereocenters. The van der Waals surface area contributed by atoms with Crippen molar-refractivity contribution in [2.75, 3.05) is 19.1 Å². The molecule has 1 atom stereocenters. The summed E-state index contributed by atoms with van der Waals surface area (Å²) in [4.78, 5) is 29.1. The van der Waals surface area contributed by atoms with Crippen molar-refractivity contribution in [3.63, 3.8) is 0 Å². The lowest BCUT2D eigenvalue weighted by Gasteiger charge is -2.15. The number of ether oxygens (including phenoxy) is 1. The van der Waals surface area contributed by atoms with E-state index in [9.17, 15) is 9.59 Å². The number of aromatic nitrogens is 1. The zero-order chi connectivity index (χ0) is 15.8. The maximum absolute atomic E-state index is 12.4. The van der Waals surface area contributed by atoms with Gasteiger partial charge in [-0.25, -0.2) is 9.78 Å². The Morgan fingerprint density at radius 1 is 1.48 bits per heavy atom. The first-order valence-corrected chi connectivity index (χ1v) is 9.08. The Morgan fingerprint density at radius 3 is 2.76 bits per heavy atom. The van der Waals surface area contributed by atoms with Crippen molar-refractivity contribution in [2.45, 2.75) is 39.2 Å². The number of nitrogens with one attached hydrogen (secondary N) is 1. The summed E-state index contributed by atoms with van der Waals surface area (Å²) in [5, 5.41) is 3.64. The quantitative estimate of drug-likeness (QED) is 0.742. The maximum atomic E-state index is 12.4. The van der Waals surface area contributed by atoms with Crippen LogP contribution in [0.15, 0.2) is 0 Å². The normalized spacial score (nSPS) is 12.0. The summed E-state index contributed by atoms with van der Waals surface area (Å²) >= 11 is 2.99. The number of methoxy groups -OCH3 is 1. The molecule has 0 radical (unpaired) electrons. The van der Waals surface area contributed by atoms with Crippen LogP contribution in [-0.2, 0) is 16.0 Å². The number of thiazole rings is 1. The second-order valence-corrected chi connectivity index (χ2v) is 6.78. The van der Waals surface area contributed by atoms with Crippen molar-refractivity contribution in [3.8, 4) is 0 Å². The van der Waals surface area contributed by atoms with Crippen LogP contribution in [0, 0.1) is 6.92 Å². The molecule has 7 heteroatoms. The fourth-order valence-electron chi connectivity index (χ4n) is 1.90. The molecule has 0 fully saturated rings. The van der Waals surface area contributed by atoms with Gasteiger partial charge in [0.1, 0.15) is 10.9 Å². The average molecular weight is 330 g/mol. The first-order valence-electron chi connectivity index (χ1n) is 6.87. The molecular weight excluding hydrogens is 308 g/mol. The zero-order valence-corrected chi connectivity index (χ0v) is 14.5. The molecule has 118 valence electrons. The number of nitrogens with zero attached hydrogens (tertiary/aromatic N) is 1. The third-order valence-corrected chi connectivity index (χ3v) is 4.55. The standard InChI is InChI=1S/C14H22N2O3S2/c1-5-6-10-12(21-9(2)15-10)13(17)16-11(7-8-20-4)14(18)19-3/h11H,5-8H2,1-4H3,(H,16,17). The first kappa shape index (κ1) is 18.0. The van der Waals surface area contributed by atoms with Gasteiger partial charge in [0.05, 0.1) is 17.8 Å². The molecule has 0 saturated heterocycles. The molecule has 5 nitrogen and oxygen atoms in total. The molecule has 1 amide bonds. The van der Waals surface area contributed by atoms with Gasteiger partial charge in [-0.05, 0) is 31.8 Å². The lowest BCUT2D eigenvalue weighted by molar-refractivity contribution is -0.142. The molecule has 1 rings (SSSR count). The zero-order valence-electron chi connectivity index (χ0n) is 12.9. The van der Waals surface area contributed by atoms with Crippen molar-refractivity contribution >= 4 is 35.0 Å². The highest BCUT2D eigenvalue weighted by molar-refractivity contribution is 7.98. The average Bonchev–Trinajstić information content (AvgIpc) is 2.83. The monoisotopic (exact) mass is 330 g/mol. The summed E-state index contributed by atoms with van der Waals surface area (Å²) in [6, 6.07) is -0.605. The molecule has 0 aromatic carbocycles. The van der Waals surface area contributed by atoms with Crippen LogP contribution in [0.4, 0.5) is 0 Å². The summed E-state index contributed by atoms with van der Waals surface area (Å²) in [5.41, 5.74) is 0.811. The molecule has 1 aromatic rings. The van der Waals surface area contributed by atoms with Gasteiger partial charge in [0.2, 0.25) is 0 Å². The Morgan fingerprint density at radius 2 is 2.19 bits per heavy atom. The van der Waals surface area contributed by atoms with E-state index in [0.29, 0.717) is 11.3 Å². The maximum Gasteiger partial charge on any atom is 0.328 e. The number of rotatable bonds is 8. The fraction of sp³-hybridized carbons (Fsp3) is 0.643. The molecule has 0 aliphatic rings. The summed E-state index contributed by atoms with van der Waals surface area (Å²) in [6.45, 7) is 3.93. The minimum Gasteiger partial charge on any atom is -0.467 e. The minimum atomic E-state index is -0.605. The van der Waals surface area contributed by atoms with Crippen LogP contribution in [0.25, 0.3) is 0 Å². The summed E-state index contributed by atoms with van der Waals surface area (Å²) < 4.78 is 4.75. The summed E-state index contributed by atoms with van der Waals surface area (Å²) in [5.74, 6) is 0.139. The number of amides is 1. The van der Waals surface area contributed by atoms with Gasteiger partial charge in [-0.1, -0.05) is 13.3 Å². The van der Waals surface area contributed by atoms with E-state index in [1.165, 1.54) is 18.4 Å². The Hall–Kier alpha value is -1.08. The molecule has 1 N–H and O–H groups in total. The number of esters is 1. The molecule has 1 aromatic heterocycles. The van der Waals surface area contributed by atoms with Crippen molar-refractivity contribution in [2.24, 2.45) is 0 Å². The van der Waals surface area contributed by atoms with E-state index in [1.54, 1.807) is 11.8 Å². The van der Waals surface area contributed by atoms with Crippen molar-refractivity contribution in [1.82, 2.24) is 10.3 Å². The number of aryl methyl sites for hydroxylation is 2. The van der Waals surface area contributed by atoms with E-state index in [1.807, 2.05) is 20.1 Å². The SMILES string of the molecule is CCCc1nc(C)sc1C(=O)NC(CCSC)C(=O)OC. The minimum absolute atomic E-state index is 0.236. The Kier molecular flexibility index (Phi) is 7.74. The fourth-order valence-corrected chi connectivity index (χ4v) is 3.24. The van der Waals surface area contributed by atoms with Crippen LogP contribution in [0.3, 0.4) is 0 Å². The molecule has 21 heavy (non-hydrogen) atoms. The Labute approximate surface area is 133 Å². The van der Waals surface area contributed by atoms with E-state index in [0.717, 1.165) is 29.3 Å². The molecular formula is C14H22N2O3S2. The van der Waals surface area contributed by atoms with Gasteiger partial charge in [-0.15, -0.1) is 11.3 Å². The summed E-state index contributed by atoms with van der Waals surface area (Å²) in [6.07, 6.45) is 4.21. The predicted molar refractivity (Wildman–Crippen MR) is 87.1 cm³/mol. The molecule has 0 saturated carbocycles. The van der Waals surface area contributed by atoms with Gasteiger partial charge in [0, 0.05) is 0 Å². The lowest BCUT2D eigenvalue weighted by atomic mass is 10.2. The van der Waals surface area contributed by atoms with Crippen LogP contribution in [-0.4, -0.2) is 42.0 Å². The van der Waals surface area contributed by atoms with Crippen LogP contribution >= 0.6 is 23.1 Å². The number of hydrogen-bond donors (Lipinski definition) is 1. The smallest absolute Gasteiger partial charge is 0.328 e. The second-order valence-electron chi connectivity index (χ2n) is 4.59. The van der Waals surface area contributed by atoms with E-state index in [-0.39, 0.29) is 5.91 Å². The number of carbonyl (C=O) groups excluding carboxylic acids is 2. The van der Waals surface area contributed by atoms with Gasteiger partial charge < -0.3 is 10.1 Å². The Bertz CT molecular complexity index is 489. The van der Waals surface area contributed by atoms with Crippen LogP contribution in [0.5, 0.6) is 0 Å². The first-order chi connectivity index (χ1) is 10.0. The van der Waals surface area contributed by atoms with E-state index in [2.05, 4.69) is 10.3 Å². The molecule has 1 heterocycles. The molecule has 0 bridgehead atoms. The van der Waals surface area contributed by atoms with Gasteiger partial charge in [-0.2, -0.15) is 11.8 Å². The molecule has 0 spiro atoms. The van der Waals surface area contributed by atoms with Crippen LogP contribution < -0.4 is 5.32 Å². The number of hydrogen-bond acceptors (Lipinski definition) is 6. The highest BCUT2D eigenvalue weighted by atomic mass is 32.2. The highest BCUT2D eigenvalue weighted by Gasteiger charge is 2.24. The number of thioether (sulfide) groups is 1. The van der Waals surface area contributed by atoms with Gasteiger partial charge in [0.15, 0.2) is 0 Å². The van der Waals surface area contributed by atoms with Crippen molar-refractivity contribution in [3.05, 3.63) is 15.6 Å². The Balaban J connectivity index is 2.83. The van der Waals surface area contributed by atoms with Gasteiger partial charge in [0.25, 0.3) is 5.91 Å². The van der Waals surface area contributed by atoms with Crippen molar-refractivity contribution in [1.29, 1.82) is 0 Å². The second kappa shape index (κ2) is 9.04. The molecule has 0 aliphatic heterocycles. The van der Waals surface area contributed by atoms with Gasteiger partial charge >= 0.3 is 5.97 Å². The largest absolute Gasteiger partial charge is 0.467 e. The number of carbonyl (C=O) groups is 2. The lowest BCUT2D eigenvalue weighted by Crippen LogP contribution is -2.42. The van der Waals surface area contributed by atoms with E-state index < -0.39 is 12.0 Å². The topological polar surface area (TPSA) is 68.3 Å². The summed E-state index contributed by atoms with van der Waals surface area (Å²) in [7, 11) is 1.33. The van der Waals surface area contributed by atoms with Crippen LogP contribution in [0.2, 0.25) is 0 Å². The third-order valence-electron chi connectivity index (χ3n) is 2.90. The third kappa shape index (κ3) is 5.32. The predicted octanol–water partition coefficient (Wildman–Crippen LogP) is 2.43. The van der Waals surface area contributed by atoms with Crippen LogP contribution in [0.1, 0.15) is 40.1 Å². The molecule has 0 aliphatic carbocycles. The van der Waals surface area contributed by atoms with Crippen molar-refractivity contribution < 1.29 is 14.3 Å².